The lowest BCUT2D eigenvalue weighted by Gasteiger charge is -2.25. The van der Waals surface area contributed by atoms with Gasteiger partial charge in [0.2, 0.25) is 0 Å². The van der Waals surface area contributed by atoms with Crippen molar-refractivity contribution in [2.24, 2.45) is 16.5 Å². The predicted octanol–water partition coefficient (Wildman–Crippen LogP) is 3.79. The minimum atomic E-state index is -0.284. The van der Waals surface area contributed by atoms with Gasteiger partial charge in [0.15, 0.2) is 5.96 Å². The van der Waals surface area contributed by atoms with Crippen molar-refractivity contribution in [3.63, 3.8) is 0 Å². The molecule has 0 saturated heterocycles. The summed E-state index contributed by atoms with van der Waals surface area (Å²) in [6, 6.07) is 24.6. The van der Waals surface area contributed by atoms with Crippen LogP contribution >= 0.6 is 0 Å². The van der Waals surface area contributed by atoms with Gasteiger partial charge < -0.3 is 21.1 Å². The Kier molecular flexibility index (Phi) is 4.68. The van der Waals surface area contributed by atoms with Crippen LogP contribution in [0.2, 0.25) is 0 Å². The Morgan fingerprint density at radius 2 is 1.64 bits per heavy atom. The van der Waals surface area contributed by atoms with Crippen molar-refractivity contribution in [2.45, 2.75) is 12.5 Å². The molecule has 0 saturated carbocycles. The number of amidine groups is 1. The smallest absolute Gasteiger partial charge is 0.193 e. The number of nitrogens with one attached hydrogen (secondary N) is 1. The summed E-state index contributed by atoms with van der Waals surface area (Å²) in [5.41, 5.74) is 14.8. The summed E-state index contributed by atoms with van der Waals surface area (Å²) < 4.78 is 5.86. The van der Waals surface area contributed by atoms with Crippen LogP contribution in [-0.4, -0.2) is 17.8 Å². The number of aliphatic imine (C=N–C) groups is 1. The van der Waals surface area contributed by atoms with Gasteiger partial charge in [-0.05, 0) is 35.9 Å². The molecule has 0 bridgehead atoms. The second-order valence-corrected chi connectivity index (χ2v) is 6.55. The first kappa shape index (κ1) is 17.6. The number of anilines is 1. The molecule has 3 aromatic carbocycles. The molecular formula is C22H21N5O. The molecule has 1 atom stereocenters. The molecule has 28 heavy (non-hydrogen) atoms. The summed E-state index contributed by atoms with van der Waals surface area (Å²) in [6.07, 6.45) is 0.658. The number of para-hydroxylation sites is 2. The van der Waals surface area contributed by atoms with E-state index in [-0.39, 0.29) is 12.0 Å². The lowest BCUT2D eigenvalue weighted by Crippen LogP contribution is -2.48. The number of nitrogens with zero attached hydrogens (tertiary/aromatic N) is 2. The van der Waals surface area contributed by atoms with Crippen LogP contribution in [0, 0.1) is 5.41 Å². The molecule has 3 aromatic rings. The van der Waals surface area contributed by atoms with E-state index in [1.165, 1.54) is 0 Å². The van der Waals surface area contributed by atoms with E-state index in [1.54, 1.807) is 4.90 Å². The van der Waals surface area contributed by atoms with Crippen LogP contribution in [0.3, 0.4) is 0 Å². The largest absolute Gasteiger partial charge is 0.457 e. The Morgan fingerprint density at radius 3 is 2.43 bits per heavy atom. The van der Waals surface area contributed by atoms with Crippen LogP contribution in [0.25, 0.3) is 0 Å². The Balaban J connectivity index is 1.59. The Labute approximate surface area is 163 Å². The number of ether oxygens (including phenoxy) is 1. The monoisotopic (exact) mass is 371 g/mol. The van der Waals surface area contributed by atoms with E-state index in [2.05, 4.69) is 4.99 Å². The topological polar surface area (TPSA) is 101 Å². The first-order valence-electron chi connectivity index (χ1n) is 9.00. The SMILES string of the molecule is N=C(N)N1c2ccccc2CC1C(N)=Nc1cccc(Oc2ccccc2)c1. The van der Waals surface area contributed by atoms with Crippen LogP contribution in [0.1, 0.15) is 5.56 Å². The number of benzene rings is 3. The molecule has 6 heteroatoms. The summed E-state index contributed by atoms with van der Waals surface area (Å²) in [6.45, 7) is 0. The summed E-state index contributed by atoms with van der Waals surface area (Å²) in [5, 5.41) is 7.96. The van der Waals surface area contributed by atoms with E-state index in [0.717, 1.165) is 17.0 Å². The van der Waals surface area contributed by atoms with Gasteiger partial charge in [0.05, 0.1) is 11.7 Å². The maximum absolute atomic E-state index is 7.96. The molecule has 0 aliphatic carbocycles. The molecule has 0 aromatic heterocycles. The molecule has 1 heterocycles. The summed E-state index contributed by atoms with van der Waals surface area (Å²) in [7, 11) is 0. The predicted molar refractivity (Wildman–Crippen MR) is 113 cm³/mol. The summed E-state index contributed by atoms with van der Waals surface area (Å²) in [4.78, 5) is 6.30. The van der Waals surface area contributed by atoms with Crippen LogP contribution in [0.4, 0.5) is 11.4 Å². The lowest BCUT2D eigenvalue weighted by atomic mass is 10.1. The molecule has 140 valence electrons. The number of hydrogen-bond acceptors (Lipinski definition) is 3. The Hall–Kier alpha value is -3.80. The molecule has 0 amide bonds. The Morgan fingerprint density at radius 1 is 0.929 bits per heavy atom. The molecule has 5 N–H and O–H groups in total. The fourth-order valence-corrected chi connectivity index (χ4v) is 3.39. The van der Waals surface area contributed by atoms with Crippen LogP contribution in [-0.2, 0) is 6.42 Å². The normalized spacial score (nSPS) is 15.9. The van der Waals surface area contributed by atoms with Gasteiger partial charge in [-0.1, -0.05) is 42.5 Å². The molecule has 6 nitrogen and oxygen atoms in total. The van der Waals surface area contributed by atoms with Gasteiger partial charge in [0.25, 0.3) is 0 Å². The van der Waals surface area contributed by atoms with E-state index in [9.17, 15) is 0 Å². The summed E-state index contributed by atoms with van der Waals surface area (Å²) in [5.74, 6) is 1.79. The average molecular weight is 371 g/mol. The van der Waals surface area contributed by atoms with Gasteiger partial charge >= 0.3 is 0 Å². The third kappa shape index (κ3) is 3.53. The van der Waals surface area contributed by atoms with Gasteiger partial charge in [0, 0.05) is 18.2 Å². The third-order valence-electron chi connectivity index (χ3n) is 4.63. The van der Waals surface area contributed by atoms with Crippen molar-refractivity contribution in [3.8, 4) is 11.5 Å². The van der Waals surface area contributed by atoms with Gasteiger partial charge in [0.1, 0.15) is 17.3 Å². The van der Waals surface area contributed by atoms with Crippen molar-refractivity contribution in [1.29, 1.82) is 5.41 Å². The van der Waals surface area contributed by atoms with E-state index in [4.69, 9.17) is 21.6 Å². The van der Waals surface area contributed by atoms with Crippen LogP contribution in [0.5, 0.6) is 11.5 Å². The first-order valence-corrected chi connectivity index (χ1v) is 9.00. The fourth-order valence-electron chi connectivity index (χ4n) is 3.39. The number of nitrogens with two attached hydrogens (primary N) is 2. The molecule has 0 fully saturated rings. The maximum atomic E-state index is 7.96. The zero-order valence-electron chi connectivity index (χ0n) is 15.2. The summed E-state index contributed by atoms with van der Waals surface area (Å²) >= 11 is 0. The Bertz CT molecular complexity index is 1030. The highest BCUT2D eigenvalue weighted by Crippen LogP contribution is 2.32. The van der Waals surface area contributed by atoms with E-state index < -0.39 is 0 Å². The maximum Gasteiger partial charge on any atom is 0.193 e. The molecular weight excluding hydrogens is 350 g/mol. The molecule has 0 spiro atoms. The van der Waals surface area contributed by atoms with Crippen molar-refractivity contribution in [2.75, 3.05) is 4.90 Å². The van der Waals surface area contributed by atoms with Crippen molar-refractivity contribution in [1.82, 2.24) is 0 Å². The molecule has 0 radical (unpaired) electrons. The van der Waals surface area contributed by atoms with E-state index in [0.29, 0.717) is 23.7 Å². The van der Waals surface area contributed by atoms with Crippen LogP contribution in [0.15, 0.2) is 83.9 Å². The highest BCUT2D eigenvalue weighted by atomic mass is 16.5. The lowest BCUT2D eigenvalue weighted by molar-refractivity contribution is 0.483. The van der Waals surface area contributed by atoms with Gasteiger partial charge in [-0.25, -0.2) is 4.99 Å². The zero-order chi connectivity index (χ0) is 19.5. The van der Waals surface area contributed by atoms with Crippen molar-refractivity contribution >= 4 is 23.2 Å². The highest BCUT2D eigenvalue weighted by Gasteiger charge is 2.33. The minimum Gasteiger partial charge on any atom is -0.457 e. The number of fused-ring (bicyclic) bond motifs is 1. The van der Waals surface area contributed by atoms with Gasteiger partial charge in [-0.3, -0.25) is 5.41 Å². The highest BCUT2D eigenvalue weighted by molar-refractivity contribution is 6.04. The van der Waals surface area contributed by atoms with Crippen molar-refractivity contribution in [3.05, 3.63) is 84.4 Å². The number of rotatable bonds is 4. The molecule has 1 aliphatic rings. The van der Waals surface area contributed by atoms with Gasteiger partial charge in [-0.15, -0.1) is 0 Å². The zero-order valence-corrected chi connectivity index (χ0v) is 15.2. The van der Waals surface area contributed by atoms with E-state index in [1.807, 2.05) is 78.9 Å². The third-order valence-corrected chi connectivity index (χ3v) is 4.63. The number of guanidine groups is 1. The van der Waals surface area contributed by atoms with Gasteiger partial charge in [-0.2, -0.15) is 0 Å². The first-order chi connectivity index (χ1) is 13.6. The molecule has 4 rings (SSSR count). The average Bonchev–Trinajstić information content (AvgIpc) is 3.09. The molecule has 1 aliphatic heterocycles. The quantitative estimate of drug-likeness (QED) is 0.480. The number of hydrogen-bond donors (Lipinski definition) is 3. The molecule has 1 unspecified atom stereocenters. The van der Waals surface area contributed by atoms with Crippen molar-refractivity contribution < 1.29 is 4.74 Å². The minimum absolute atomic E-state index is 0.0470. The van der Waals surface area contributed by atoms with Crippen LogP contribution < -0.4 is 21.1 Å². The standard InChI is InChI=1S/C22H21N5O/c23-21(20-13-15-7-4-5-12-19(15)27(20)22(24)25)26-16-8-6-11-18(14-16)28-17-9-2-1-3-10-17/h1-12,14,20H,13H2,(H2,23,26)(H3,24,25). The second kappa shape index (κ2) is 7.44. The van der Waals surface area contributed by atoms with E-state index >= 15 is 0 Å². The fraction of sp³-hybridized carbons (Fsp3) is 0.0909. The second-order valence-electron chi connectivity index (χ2n) is 6.55.